The van der Waals surface area contributed by atoms with Crippen LogP contribution < -0.4 is 38.1 Å². The van der Waals surface area contributed by atoms with Gasteiger partial charge in [-0.25, -0.2) is 0 Å². The first-order chi connectivity index (χ1) is 23.9. The van der Waals surface area contributed by atoms with Gasteiger partial charge in [-0.2, -0.15) is 0 Å². The second kappa shape index (κ2) is 22.6. The molecule has 14 heteroatoms. The van der Waals surface area contributed by atoms with E-state index in [2.05, 4.69) is 31.6 Å². The van der Waals surface area contributed by atoms with Gasteiger partial charge in [-0.15, -0.1) is 0 Å². The van der Waals surface area contributed by atoms with E-state index in [1.165, 1.54) is 6.92 Å². The van der Waals surface area contributed by atoms with Crippen LogP contribution in [0.3, 0.4) is 0 Å². The zero-order chi connectivity index (χ0) is 36.9. The summed E-state index contributed by atoms with van der Waals surface area (Å²) in [6, 6.07) is 14.3. The van der Waals surface area contributed by atoms with E-state index in [1.807, 2.05) is 74.5 Å². The number of benzene rings is 2. The molecule has 5 amide bonds. The molecule has 0 saturated carbocycles. The minimum absolute atomic E-state index is 0.00250. The SMILES string of the molecule is CC[C@H](C)[C@H](NC(=O)[C@H](Cc1ccccc1)NC(=O)[C@H](Cc1ccccc1)NC(C)=O)C(=O)N[C@@H](CCCN=C(N)N)C(=O)NCCCCO. The first kappa shape index (κ1) is 41.2. The average Bonchev–Trinajstić information content (AvgIpc) is 3.09. The standard InChI is InChI=1S/C36H54N8O6/c1-4-24(2)31(35(50)42-28(18-13-20-40-36(37)38)32(47)39-19-11-12-21-45)44-34(49)30(23-27-16-9-6-10-17-27)43-33(48)29(41-25(3)46)22-26-14-7-5-8-15-26/h5-10,14-17,24,28-31,45H,4,11-13,18-23H2,1-3H3,(H,39,47)(H,41,46)(H,42,50)(H,43,48)(H,44,49)(H4,37,38,40)/t24-,28-,29-,30-,31-/m0/s1. The van der Waals surface area contributed by atoms with Crippen LogP contribution in [0.5, 0.6) is 0 Å². The highest BCUT2D eigenvalue weighted by Gasteiger charge is 2.33. The van der Waals surface area contributed by atoms with Gasteiger partial charge in [0.15, 0.2) is 5.96 Å². The minimum atomic E-state index is -1.10. The van der Waals surface area contributed by atoms with Gasteiger partial charge in [-0.05, 0) is 42.7 Å². The zero-order valence-corrected chi connectivity index (χ0v) is 29.3. The van der Waals surface area contributed by atoms with E-state index >= 15 is 0 Å². The fraction of sp³-hybridized carbons (Fsp3) is 0.500. The molecule has 2 aromatic rings. The summed E-state index contributed by atoms with van der Waals surface area (Å²) < 4.78 is 0. The number of hydrogen-bond acceptors (Lipinski definition) is 7. The molecule has 0 aliphatic heterocycles. The predicted octanol–water partition coefficient (Wildman–Crippen LogP) is 0.419. The molecule has 0 spiro atoms. The van der Waals surface area contributed by atoms with E-state index in [0.717, 1.165) is 11.1 Å². The van der Waals surface area contributed by atoms with E-state index in [0.29, 0.717) is 32.2 Å². The number of nitrogens with one attached hydrogen (secondary N) is 5. The van der Waals surface area contributed by atoms with Crippen LogP contribution in [0, 0.1) is 5.92 Å². The number of nitrogens with two attached hydrogens (primary N) is 2. The Labute approximate surface area is 294 Å². The van der Waals surface area contributed by atoms with Gasteiger partial charge in [-0.1, -0.05) is 80.9 Å². The summed E-state index contributed by atoms with van der Waals surface area (Å²) in [5.74, 6) is -2.94. The maximum absolute atomic E-state index is 14.0. The van der Waals surface area contributed by atoms with Crippen molar-refractivity contribution in [3.8, 4) is 0 Å². The molecular formula is C36H54N8O6. The molecule has 2 aromatic carbocycles. The Morgan fingerprint density at radius 1 is 0.720 bits per heavy atom. The molecular weight excluding hydrogens is 640 g/mol. The quantitative estimate of drug-likeness (QED) is 0.0488. The summed E-state index contributed by atoms with van der Waals surface area (Å²) in [6.45, 7) is 5.57. The van der Waals surface area contributed by atoms with Crippen LogP contribution in [-0.2, 0) is 36.8 Å². The molecule has 0 aliphatic carbocycles. The summed E-state index contributed by atoms with van der Waals surface area (Å²) in [5, 5.41) is 23.0. The van der Waals surface area contributed by atoms with Gasteiger partial charge in [0.2, 0.25) is 29.5 Å². The lowest BCUT2D eigenvalue weighted by molar-refractivity contribution is -0.135. The molecule has 0 saturated heterocycles. The molecule has 0 aliphatic rings. The van der Waals surface area contributed by atoms with Crippen LogP contribution in [0.4, 0.5) is 0 Å². The van der Waals surface area contributed by atoms with E-state index in [9.17, 15) is 24.0 Å². The molecule has 0 heterocycles. The molecule has 274 valence electrons. The smallest absolute Gasteiger partial charge is 0.243 e. The summed E-state index contributed by atoms with van der Waals surface area (Å²) in [6.07, 6.45) is 2.56. The minimum Gasteiger partial charge on any atom is -0.396 e. The van der Waals surface area contributed by atoms with Crippen molar-refractivity contribution in [3.05, 3.63) is 71.8 Å². The van der Waals surface area contributed by atoms with Crippen molar-refractivity contribution in [1.29, 1.82) is 0 Å². The van der Waals surface area contributed by atoms with Crippen LogP contribution in [-0.4, -0.2) is 84.5 Å². The lowest BCUT2D eigenvalue weighted by atomic mass is 9.96. The molecule has 50 heavy (non-hydrogen) atoms. The number of amides is 5. The number of carbonyl (C=O) groups excluding carboxylic acids is 5. The number of unbranched alkanes of at least 4 members (excludes halogenated alkanes) is 1. The Morgan fingerprint density at radius 3 is 1.78 bits per heavy atom. The lowest BCUT2D eigenvalue weighted by Crippen LogP contribution is -2.60. The Balaban J connectivity index is 2.31. The number of rotatable bonds is 22. The van der Waals surface area contributed by atoms with Gasteiger partial charge in [-0.3, -0.25) is 29.0 Å². The van der Waals surface area contributed by atoms with Crippen molar-refractivity contribution in [1.82, 2.24) is 26.6 Å². The van der Waals surface area contributed by atoms with Crippen LogP contribution in [0.2, 0.25) is 0 Å². The summed E-state index contributed by atoms with van der Waals surface area (Å²) in [7, 11) is 0. The van der Waals surface area contributed by atoms with Crippen LogP contribution in [0.25, 0.3) is 0 Å². The van der Waals surface area contributed by atoms with Gasteiger partial charge in [0.25, 0.3) is 0 Å². The number of aliphatic hydroxyl groups is 1. The molecule has 0 aromatic heterocycles. The third kappa shape index (κ3) is 15.5. The highest BCUT2D eigenvalue weighted by Crippen LogP contribution is 2.12. The Bertz CT molecular complexity index is 1390. The van der Waals surface area contributed by atoms with Crippen molar-refractivity contribution in [2.75, 3.05) is 19.7 Å². The summed E-state index contributed by atoms with van der Waals surface area (Å²) in [4.78, 5) is 70.6. The van der Waals surface area contributed by atoms with Crippen molar-refractivity contribution in [2.45, 2.75) is 89.9 Å². The highest BCUT2D eigenvalue weighted by molar-refractivity contribution is 5.95. The third-order valence-electron chi connectivity index (χ3n) is 8.15. The van der Waals surface area contributed by atoms with Crippen molar-refractivity contribution < 1.29 is 29.1 Å². The van der Waals surface area contributed by atoms with Gasteiger partial charge < -0.3 is 43.2 Å². The van der Waals surface area contributed by atoms with E-state index in [4.69, 9.17) is 16.6 Å². The van der Waals surface area contributed by atoms with E-state index in [-0.39, 0.29) is 44.3 Å². The lowest BCUT2D eigenvalue weighted by Gasteiger charge is -2.29. The van der Waals surface area contributed by atoms with Gasteiger partial charge >= 0.3 is 0 Å². The van der Waals surface area contributed by atoms with Gasteiger partial charge in [0.05, 0.1) is 0 Å². The average molecular weight is 695 g/mol. The van der Waals surface area contributed by atoms with Crippen LogP contribution >= 0.6 is 0 Å². The fourth-order valence-corrected chi connectivity index (χ4v) is 5.20. The van der Waals surface area contributed by atoms with Crippen LogP contribution in [0.1, 0.15) is 64.0 Å². The van der Waals surface area contributed by atoms with Crippen molar-refractivity contribution >= 4 is 35.5 Å². The second-order valence-electron chi connectivity index (χ2n) is 12.3. The first-order valence-electron chi connectivity index (χ1n) is 17.1. The van der Waals surface area contributed by atoms with E-state index in [1.54, 1.807) is 0 Å². The molecule has 0 bridgehead atoms. The zero-order valence-electron chi connectivity index (χ0n) is 29.3. The molecule has 10 N–H and O–H groups in total. The Morgan fingerprint density at radius 2 is 1.26 bits per heavy atom. The molecule has 0 fully saturated rings. The number of hydrogen-bond donors (Lipinski definition) is 8. The van der Waals surface area contributed by atoms with Gasteiger partial charge in [0.1, 0.15) is 24.2 Å². The second-order valence-corrected chi connectivity index (χ2v) is 12.3. The summed E-state index contributed by atoms with van der Waals surface area (Å²) in [5.41, 5.74) is 12.5. The van der Waals surface area contributed by atoms with E-state index < -0.39 is 53.7 Å². The Hall–Kier alpha value is -4.98. The number of nitrogens with zero attached hydrogens (tertiary/aromatic N) is 1. The van der Waals surface area contributed by atoms with Crippen LogP contribution in [0.15, 0.2) is 65.7 Å². The largest absolute Gasteiger partial charge is 0.396 e. The predicted molar refractivity (Wildman–Crippen MR) is 192 cm³/mol. The van der Waals surface area contributed by atoms with Crippen molar-refractivity contribution in [3.63, 3.8) is 0 Å². The maximum atomic E-state index is 14.0. The maximum Gasteiger partial charge on any atom is 0.243 e. The molecule has 14 nitrogen and oxygen atoms in total. The number of aliphatic hydroxyl groups excluding tert-OH is 1. The molecule has 0 radical (unpaired) electrons. The topological polar surface area (TPSA) is 230 Å². The highest BCUT2D eigenvalue weighted by atomic mass is 16.3. The monoisotopic (exact) mass is 694 g/mol. The number of aliphatic imine (C=N–C) groups is 1. The number of carbonyl (C=O) groups is 5. The fourth-order valence-electron chi connectivity index (χ4n) is 5.20. The third-order valence-corrected chi connectivity index (χ3v) is 8.15. The summed E-state index contributed by atoms with van der Waals surface area (Å²) >= 11 is 0. The normalized spacial score (nSPS) is 13.8. The Kier molecular flexibility index (Phi) is 18.6. The van der Waals surface area contributed by atoms with Gasteiger partial charge in [0, 0.05) is 39.5 Å². The van der Waals surface area contributed by atoms with Crippen molar-refractivity contribution in [2.24, 2.45) is 22.4 Å². The first-order valence-corrected chi connectivity index (χ1v) is 17.1. The molecule has 5 atom stereocenters. The molecule has 0 unspecified atom stereocenters. The molecule has 2 rings (SSSR count). The number of guanidine groups is 1.